The second kappa shape index (κ2) is 9.29. The lowest BCUT2D eigenvalue weighted by atomic mass is 10.1. The number of amides is 1. The van der Waals surface area contributed by atoms with Gasteiger partial charge in [-0.15, -0.1) is 0 Å². The van der Waals surface area contributed by atoms with Gasteiger partial charge in [0.2, 0.25) is 11.7 Å². The molecule has 8 heteroatoms. The van der Waals surface area contributed by atoms with Crippen molar-refractivity contribution in [1.29, 1.82) is 0 Å². The number of nitrogens with one attached hydrogen (secondary N) is 1. The van der Waals surface area contributed by atoms with Crippen LogP contribution in [-0.2, 0) is 0 Å². The van der Waals surface area contributed by atoms with E-state index in [2.05, 4.69) is 30.2 Å². The van der Waals surface area contributed by atoms with Gasteiger partial charge >= 0.3 is 0 Å². The fraction of sp³-hybridized carbons (Fsp3) is 0.333. The summed E-state index contributed by atoms with van der Waals surface area (Å²) in [4.78, 5) is 25.5. The van der Waals surface area contributed by atoms with Crippen molar-refractivity contribution >= 4 is 11.9 Å². The van der Waals surface area contributed by atoms with Gasteiger partial charge in [-0.05, 0) is 19.0 Å². The Hall–Kier alpha value is -3.26. The molecular formula is C21H24N6O2. The Kier molecular flexibility index (Phi) is 6.11. The Labute approximate surface area is 169 Å². The monoisotopic (exact) mass is 392 g/mol. The van der Waals surface area contributed by atoms with Crippen LogP contribution in [0.1, 0.15) is 17.0 Å². The molecular weight excluding hydrogens is 368 g/mol. The molecule has 0 bridgehead atoms. The number of hydrogen-bond acceptors (Lipinski definition) is 7. The number of nitrogens with zero attached hydrogens (tertiary/aromatic N) is 5. The average molecular weight is 392 g/mol. The first-order chi connectivity index (χ1) is 14.3. The standard InChI is InChI=1S/C21H24N6O2/c28-20(19-16-18(25-29-19)17-6-2-1-3-7-17)22-10-5-11-26-12-14-27(15-13-26)21-23-8-4-9-24-21/h1-4,6-9,16H,5,10-15H2,(H,22,28). The topological polar surface area (TPSA) is 87.4 Å². The van der Waals surface area contributed by atoms with E-state index in [1.54, 1.807) is 18.5 Å². The zero-order chi connectivity index (χ0) is 19.9. The Morgan fingerprint density at radius 1 is 1.03 bits per heavy atom. The summed E-state index contributed by atoms with van der Waals surface area (Å²) in [5.74, 6) is 0.799. The van der Waals surface area contributed by atoms with E-state index in [1.807, 2.05) is 36.4 Å². The first-order valence-electron chi connectivity index (χ1n) is 9.84. The van der Waals surface area contributed by atoms with Crippen molar-refractivity contribution in [2.24, 2.45) is 0 Å². The van der Waals surface area contributed by atoms with Gasteiger partial charge in [-0.2, -0.15) is 0 Å². The lowest BCUT2D eigenvalue weighted by molar-refractivity contribution is 0.0914. The lowest BCUT2D eigenvalue weighted by Crippen LogP contribution is -2.47. The van der Waals surface area contributed by atoms with Crippen LogP contribution in [0.25, 0.3) is 11.3 Å². The third kappa shape index (κ3) is 4.97. The van der Waals surface area contributed by atoms with E-state index in [9.17, 15) is 4.79 Å². The minimum Gasteiger partial charge on any atom is -0.350 e. The van der Waals surface area contributed by atoms with Crippen molar-refractivity contribution in [1.82, 2.24) is 25.3 Å². The molecule has 1 amide bonds. The largest absolute Gasteiger partial charge is 0.350 e. The van der Waals surface area contributed by atoms with E-state index in [0.717, 1.165) is 50.7 Å². The van der Waals surface area contributed by atoms with Crippen LogP contribution in [0.2, 0.25) is 0 Å². The Balaban J connectivity index is 1.17. The molecule has 0 atom stereocenters. The fourth-order valence-corrected chi connectivity index (χ4v) is 3.34. The van der Waals surface area contributed by atoms with E-state index in [1.165, 1.54) is 0 Å². The van der Waals surface area contributed by atoms with Gasteiger partial charge in [-0.1, -0.05) is 35.5 Å². The molecule has 1 aliphatic rings. The summed E-state index contributed by atoms with van der Waals surface area (Å²) in [6.45, 7) is 5.30. The molecule has 1 saturated heterocycles. The predicted octanol–water partition coefficient (Wildman–Crippen LogP) is 2.07. The highest BCUT2D eigenvalue weighted by molar-refractivity contribution is 5.92. The molecule has 1 N–H and O–H groups in total. The van der Waals surface area contributed by atoms with Crippen molar-refractivity contribution in [2.75, 3.05) is 44.2 Å². The molecule has 3 aromatic rings. The summed E-state index contributed by atoms with van der Waals surface area (Å²) < 4.78 is 5.19. The van der Waals surface area contributed by atoms with Crippen molar-refractivity contribution in [3.05, 3.63) is 60.6 Å². The number of hydrogen-bond donors (Lipinski definition) is 1. The van der Waals surface area contributed by atoms with Gasteiger partial charge in [0.25, 0.3) is 5.91 Å². The van der Waals surface area contributed by atoms with Crippen LogP contribution < -0.4 is 10.2 Å². The highest BCUT2D eigenvalue weighted by Gasteiger charge is 2.18. The van der Waals surface area contributed by atoms with Crippen LogP contribution in [0.5, 0.6) is 0 Å². The van der Waals surface area contributed by atoms with Crippen molar-refractivity contribution < 1.29 is 9.32 Å². The van der Waals surface area contributed by atoms with Gasteiger partial charge in [-0.25, -0.2) is 9.97 Å². The van der Waals surface area contributed by atoms with Crippen LogP contribution in [0.15, 0.2) is 59.4 Å². The summed E-state index contributed by atoms with van der Waals surface area (Å²) in [6.07, 6.45) is 4.43. The zero-order valence-corrected chi connectivity index (χ0v) is 16.2. The number of rotatable bonds is 7. The van der Waals surface area contributed by atoms with Crippen molar-refractivity contribution in [2.45, 2.75) is 6.42 Å². The number of aromatic nitrogens is 3. The van der Waals surface area contributed by atoms with E-state index in [0.29, 0.717) is 12.2 Å². The molecule has 4 rings (SSSR count). The van der Waals surface area contributed by atoms with Gasteiger partial charge in [-0.3, -0.25) is 9.69 Å². The fourth-order valence-electron chi connectivity index (χ4n) is 3.34. The number of carbonyl (C=O) groups is 1. The molecule has 1 aromatic carbocycles. The first kappa shape index (κ1) is 19.1. The highest BCUT2D eigenvalue weighted by Crippen LogP contribution is 2.18. The minimum absolute atomic E-state index is 0.231. The number of piperazine rings is 1. The van der Waals surface area contributed by atoms with Crippen LogP contribution in [-0.4, -0.2) is 65.2 Å². The molecule has 29 heavy (non-hydrogen) atoms. The zero-order valence-electron chi connectivity index (χ0n) is 16.2. The van der Waals surface area contributed by atoms with Crippen LogP contribution in [0.4, 0.5) is 5.95 Å². The third-order valence-corrected chi connectivity index (χ3v) is 4.95. The summed E-state index contributed by atoms with van der Waals surface area (Å²) in [5, 5.41) is 6.89. The summed E-state index contributed by atoms with van der Waals surface area (Å²) >= 11 is 0. The molecule has 0 saturated carbocycles. The summed E-state index contributed by atoms with van der Waals surface area (Å²) in [7, 11) is 0. The van der Waals surface area contributed by atoms with Gasteiger partial charge in [0, 0.05) is 56.7 Å². The van der Waals surface area contributed by atoms with Crippen molar-refractivity contribution in [3.8, 4) is 11.3 Å². The van der Waals surface area contributed by atoms with E-state index >= 15 is 0 Å². The first-order valence-corrected chi connectivity index (χ1v) is 9.84. The Bertz CT molecular complexity index is 907. The number of benzene rings is 1. The molecule has 0 unspecified atom stereocenters. The third-order valence-electron chi connectivity index (χ3n) is 4.95. The van der Waals surface area contributed by atoms with Gasteiger partial charge in [0.1, 0.15) is 5.69 Å². The normalized spacial score (nSPS) is 14.7. The van der Waals surface area contributed by atoms with E-state index in [-0.39, 0.29) is 11.7 Å². The molecule has 1 fully saturated rings. The van der Waals surface area contributed by atoms with E-state index < -0.39 is 0 Å². The molecule has 3 heterocycles. The highest BCUT2D eigenvalue weighted by atomic mass is 16.5. The minimum atomic E-state index is -0.231. The second-order valence-corrected chi connectivity index (χ2v) is 6.93. The van der Waals surface area contributed by atoms with E-state index in [4.69, 9.17) is 4.52 Å². The summed E-state index contributed by atoms with van der Waals surface area (Å²) in [5.41, 5.74) is 1.59. The average Bonchev–Trinajstić information content (AvgIpc) is 3.29. The number of carbonyl (C=O) groups excluding carboxylic acids is 1. The summed E-state index contributed by atoms with van der Waals surface area (Å²) in [6, 6.07) is 13.2. The molecule has 1 aliphatic heterocycles. The Morgan fingerprint density at radius 3 is 2.55 bits per heavy atom. The predicted molar refractivity (Wildman–Crippen MR) is 110 cm³/mol. The molecule has 8 nitrogen and oxygen atoms in total. The Morgan fingerprint density at radius 2 is 1.79 bits per heavy atom. The van der Waals surface area contributed by atoms with Gasteiger partial charge in [0.05, 0.1) is 0 Å². The maximum absolute atomic E-state index is 12.3. The van der Waals surface area contributed by atoms with Gasteiger partial charge < -0.3 is 14.7 Å². The van der Waals surface area contributed by atoms with Crippen LogP contribution in [0, 0.1) is 0 Å². The quantitative estimate of drug-likeness (QED) is 0.616. The molecule has 0 spiro atoms. The molecule has 0 radical (unpaired) electrons. The van der Waals surface area contributed by atoms with Crippen molar-refractivity contribution in [3.63, 3.8) is 0 Å². The maximum atomic E-state index is 12.3. The van der Waals surface area contributed by atoms with Gasteiger partial charge in [0.15, 0.2) is 0 Å². The number of anilines is 1. The van der Waals surface area contributed by atoms with Crippen LogP contribution in [0.3, 0.4) is 0 Å². The molecule has 2 aromatic heterocycles. The smallest absolute Gasteiger partial charge is 0.289 e. The lowest BCUT2D eigenvalue weighted by Gasteiger charge is -2.34. The second-order valence-electron chi connectivity index (χ2n) is 6.93. The SMILES string of the molecule is O=C(NCCCN1CCN(c2ncccn2)CC1)c1cc(-c2ccccc2)no1. The van der Waals surface area contributed by atoms with Crippen LogP contribution >= 0.6 is 0 Å². The maximum Gasteiger partial charge on any atom is 0.289 e. The molecule has 150 valence electrons. The molecule has 0 aliphatic carbocycles.